The number of hydrogen-bond acceptors (Lipinski definition) is 4. The van der Waals surface area contributed by atoms with Crippen molar-refractivity contribution in [3.8, 4) is 5.75 Å². The van der Waals surface area contributed by atoms with Crippen LogP contribution in [0.25, 0.3) is 0 Å². The third kappa shape index (κ3) is 3.98. The molecule has 1 atom stereocenters. The molecule has 120 valence electrons. The molecule has 1 aliphatic rings. The van der Waals surface area contributed by atoms with Gasteiger partial charge in [0, 0.05) is 37.2 Å². The van der Waals surface area contributed by atoms with Crippen molar-refractivity contribution in [1.29, 1.82) is 0 Å². The minimum Gasteiger partial charge on any atom is -0.508 e. The van der Waals surface area contributed by atoms with Crippen LogP contribution in [0.1, 0.15) is 19.8 Å². The van der Waals surface area contributed by atoms with Crippen LogP contribution in [0.2, 0.25) is 0 Å². The Morgan fingerprint density at radius 2 is 1.91 bits per heavy atom. The van der Waals surface area contributed by atoms with Gasteiger partial charge in [0.1, 0.15) is 5.75 Å². The molecule has 2 rings (SSSR count). The summed E-state index contributed by atoms with van der Waals surface area (Å²) in [6.45, 7) is 3.36. The van der Waals surface area contributed by atoms with Crippen molar-refractivity contribution >= 4 is 17.5 Å². The summed E-state index contributed by atoms with van der Waals surface area (Å²) in [6, 6.07) is 6.39. The summed E-state index contributed by atoms with van der Waals surface area (Å²) >= 11 is 0. The van der Waals surface area contributed by atoms with Crippen molar-refractivity contribution in [3.63, 3.8) is 0 Å². The lowest BCUT2D eigenvalue weighted by Crippen LogP contribution is -2.44. The quantitative estimate of drug-likeness (QED) is 0.727. The van der Waals surface area contributed by atoms with Crippen LogP contribution in [0.15, 0.2) is 24.3 Å². The number of phenols is 1. The van der Waals surface area contributed by atoms with Gasteiger partial charge in [-0.05, 0) is 37.1 Å². The van der Waals surface area contributed by atoms with Gasteiger partial charge in [-0.3, -0.25) is 9.59 Å². The topological polar surface area (TPSA) is 95.7 Å². The van der Waals surface area contributed by atoms with E-state index in [0.717, 1.165) is 0 Å². The fraction of sp³-hybridized carbons (Fsp3) is 0.500. The van der Waals surface area contributed by atoms with Crippen molar-refractivity contribution in [2.45, 2.75) is 19.8 Å². The molecule has 0 aliphatic carbocycles. The van der Waals surface area contributed by atoms with E-state index in [0.29, 0.717) is 38.2 Å². The van der Waals surface area contributed by atoms with Gasteiger partial charge >= 0.3 is 0 Å². The summed E-state index contributed by atoms with van der Waals surface area (Å²) in [7, 11) is 0. The third-order valence-electron chi connectivity index (χ3n) is 4.09. The highest BCUT2D eigenvalue weighted by Crippen LogP contribution is 2.21. The summed E-state index contributed by atoms with van der Waals surface area (Å²) in [4.78, 5) is 26.1. The van der Waals surface area contributed by atoms with E-state index < -0.39 is 0 Å². The SMILES string of the molecule is CC(CN)C(=O)N1CCC(C(=O)Nc2ccc(O)cc2)CC1. The van der Waals surface area contributed by atoms with E-state index in [2.05, 4.69) is 5.32 Å². The average Bonchev–Trinajstić information content (AvgIpc) is 2.55. The molecule has 6 heteroatoms. The summed E-state index contributed by atoms with van der Waals surface area (Å²) in [6.07, 6.45) is 1.32. The Bertz CT molecular complexity index is 522. The molecule has 0 aromatic heterocycles. The van der Waals surface area contributed by atoms with Gasteiger partial charge in [-0.25, -0.2) is 0 Å². The number of piperidine rings is 1. The molecule has 6 nitrogen and oxygen atoms in total. The standard InChI is InChI=1S/C16H23N3O3/c1-11(10-17)16(22)19-8-6-12(7-9-19)15(21)18-13-2-4-14(20)5-3-13/h2-5,11-12,20H,6-10,17H2,1H3,(H,18,21). The molecule has 1 heterocycles. The molecule has 0 bridgehead atoms. The highest BCUT2D eigenvalue weighted by Gasteiger charge is 2.28. The Labute approximate surface area is 130 Å². The fourth-order valence-electron chi connectivity index (χ4n) is 2.56. The lowest BCUT2D eigenvalue weighted by Gasteiger charge is -2.32. The van der Waals surface area contributed by atoms with Crippen molar-refractivity contribution in [2.24, 2.45) is 17.6 Å². The maximum atomic E-state index is 12.2. The smallest absolute Gasteiger partial charge is 0.227 e. The fourth-order valence-corrected chi connectivity index (χ4v) is 2.56. The first-order valence-electron chi connectivity index (χ1n) is 7.60. The molecule has 22 heavy (non-hydrogen) atoms. The molecule has 0 radical (unpaired) electrons. The molecular formula is C16H23N3O3. The second-order valence-electron chi connectivity index (χ2n) is 5.77. The van der Waals surface area contributed by atoms with Crippen LogP contribution < -0.4 is 11.1 Å². The van der Waals surface area contributed by atoms with Crippen LogP contribution in [0.5, 0.6) is 5.75 Å². The van der Waals surface area contributed by atoms with Crippen LogP contribution in [-0.4, -0.2) is 41.5 Å². The minimum absolute atomic E-state index is 0.0373. The number of likely N-dealkylation sites (tertiary alicyclic amines) is 1. The largest absolute Gasteiger partial charge is 0.508 e. The average molecular weight is 305 g/mol. The molecule has 1 aromatic rings. The zero-order valence-corrected chi connectivity index (χ0v) is 12.8. The molecule has 0 saturated carbocycles. The minimum atomic E-state index is -0.164. The molecule has 4 N–H and O–H groups in total. The van der Waals surface area contributed by atoms with Crippen LogP contribution in [0, 0.1) is 11.8 Å². The lowest BCUT2D eigenvalue weighted by molar-refractivity contribution is -0.137. The van der Waals surface area contributed by atoms with E-state index in [-0.39, 0.29) is 29.4 Å². The Morgan fingerprint density at radius 1 is 1.32 bits per heavy atom. The predicted octanol–water partition coefficient (Wildman–Crippen LogP) is 1.16. The third-order valence-corrected chi connectivity index (χ3v) is 4.09. The van der Waals surface area contributed by atoms with Gasteiger partial charge < -0.3 is 21.1 Å². The van der Waals surface area contributed by atoms with Gasteiger partial charge in [0.25, 0.3) is 0 Å². The first-order chi connectivity index (χ1) is 10.5. The highest BCUT2D eigenvalue weighted by atomic mass is 16.3. The number of nitrogens with two attached hydrogens (primary N) is 1. The monoisotopic (exact) mass is 305 g/mol. The summed E-state index contributed by atoms with van der Waals surface area (Å²) < 4.78 is 0. The van der Waals surface area contributed by atoms with Crippen molar-refractivity contribution in [1.82, 2.24) is 4.90 Å². The zero-order valence-electron chi connectivity index (χ0n) is 12.8. The summed E-state index contributed by atoms with van der Waals surface area (Å²) in [5.41, 5.74) is 6.19. The molecule has 1 aliphatic heterocycles. The van der Waals surface area contributed by atoms with Gasteiger partial charge in [-0.15, -0.1) is 0 Å². The molecule has 0 spiro atoms. The lowest BCUT2D eigenvalue weighted by atomic mass is 9.95. The number of aromatic hydroxyl groups is 1. The number of nitrogens with one attached hydrogen (secondary N) is 1. The first kappa shape index (κ1) is 16.3. The number of anilines is 1. The van der Waals surface area contributed by atoms with Crippen LogP contribution >= 0.6 is 0 Å². The summed E-state index contributed by atoms with van der Waals surface area (Å²) in [5.74, 6) is -0.0585. The molecule has 1 unspecified atom stereocenters. The number of rotatable bonds is 4. The Kier molecular flexibility index (Phi) is 5.38. The number of carbonyl (C=O) groups excluding carboxylic acids is 2. The second kappa shape index (κ2) is 7.26. The molecular weight excluding hydrogens is 282 g/mol. The number of amides is 2. The molecule has 1 aromatic carbocycles. The Hall–Kier alpha value is -2.08. The van der Waals surface area contributed by atoms with Gasteiger partial charge in [0.05, 0.1) is 0 Å². The van der Waals surface area contributed by atoms with Crippen molar-refractivity contribution in [3.05, 3.63) is 24.3 Å². The van der Waals surface area contributed by atoms with E-state index in [1.165, 1.54) is 12.1 Å². The molecule has 2 amide bonds. The highest BCUT2D eigenvalue weighted by molar-refractivity contribution is 5.92. The van der Waals surface area contributed by atoms with Gasteiger partial charge in [0.15, 0.2) is 0 Å². The van der Waals surface area contributed by atoms with E-state index >= 15 is 0 Å². The number of nitrogens with zero attached hydrogens (tertiary/aromatic N) is 1. The maximum Gasteiger partial charge on any atom is 0.227 e. The van der Waals surface area contributed by atoms with Crippen LogP contribution in [0.3, 0.4) is 0 Å². The number of hydrogen-bond donors (Lipinski definition) is 3. The molecule has 1 saturated heterocycles. The normalized spacial score (nSPS) is 17.1. The Morgan fingerprint density at radius 3 is 2.45 bits per heavy atom. The second-order valence-corrected chi connectivity index (χ2v) is 5.77. The van der Waals surface area contributed by atoms with Crippen LogP contribution in [-0.2, 0) is 9.59 Å². The number of carbonyl (C=O) groups is 2. The predicted molar refractivity (Wildman–Crippen MR) is 84.3 cm³/mol. The maximum absolute atomic E-state index is 12.2. The zero-order chi connectivity index (χ0) is 16.1. The van der Waals surface area contributed by atoms with E-state index in [4.69, 9.17) is 5.73 Å². The van der Waals surface area contributed by atoms with Crippen molar-refractivity contribution in [2.75, 3.05) is 25.0 Å². The number of phenolic OH excluding ortho intramolecular Hbond substituents is 1. The Balaban J connectivity index is 1.84. The first-order valence-corrected chi connectivity index (χ1v) is 7.60. The van der Waals surface area contributed by atoms with Crippen LogP contribution in [0.4, 0.5) is 5.69 Å². The van der Waals surface area contributed by atoms with E-state index in [1.54, 1.807) is 17.0 Å². The van der Waals surface area contributed by atoms with Gasteiger partial charge in [-0.1, -0.05) is 6.92 Å². The number of benzene rings is 1. The van der Waals surface area contributed by atoms with Crippen molar-refractivity contribution < 1.29 is 14.7 Å². The van der Waals surface area contributed by atoms with Gasteiger partial charge in [0.2, 0.25) is 11.8 Å². The van der Waals surface area contributed by atoms with E-state index in [1.807, 2.05) is 6.92 Å². The van der Waals surface area contributed by atoms with Gasteiger partial charge in [-0.2, -0.15) is 0 Å². The molecule has 1 fully saturated rings. The summed E-state index contributed by atoms with van der Waals surface area (Å²) in [5, 5.41) is 12.1. The van der Waals surface area contributed by atoms with E-state index in [9.17, 15) is 14.7 Å².